The van der Waals surface area contributed by atoms with E-state index in [-0.39, 0.29) is 24.0 Å². The lowest BCUT2D eigenvalue weighted by molar-refractivity contribution is 0.208. The van der Waals surface area contributed by atoms with Gasteiger partial charge in [0.25, 0.3) is 0 Å². The van der Waals surface area contributed by atoms with Crippen LogP contribution in [0.15, 0.2) is 4.99 Å². The van der Waals surface area contributed by atoms with Crippen LogP contribution in [0.1, 0.15) is 52.9 Å². The third-order valence-corrected chi connectivity index (χ3v) is 2.78. The standard InChI is InChI=1S/C14H31N3O.HI/c1-5-7-8-9-10-13(3)17-14(15-6-2)16-11-12-18-4;/h13H,5-12H2,1-4H3,(H2,15,16,17);1H. The van der Waals surface area contributed by atoms with Crippen LogP contribution >= 0.6 is 24.0 Å². The molecule has 0 aromatic heterocycles. The van der Waals surface area contributed by atoms with Crippen molar-refractivity contribution in [2.75, 3.05) is 26.8 Å². The van der Waals surface area contributed by atoms with Crippen molar-refractivity contribution in [1.29, 1.82) is 0 Å². The van der Waals surface area contributed by atoms with E-state index in [1.54, 1.807) is 7.11 Å². The van der Waals surface area contributed by atoms with E-state index in [2.05, 4.69) is 36.4 Å². The fourth-order valence-corrected chi connectivity index (χ4v) is 1.75. The molecule has 0 bridgehead atoms. The van der Waals surface area contributed by atoms with Crippen molar-refractivity contribution >= 4 is 29.9 Å². The molecular weight excluding hydrogens is 353 g/mol. The summed E-state index contributed by atoms with van der Waals surface area (Å²) in [5.41, 5.74) is 0. The summed E-state index contributed by atoms with van der Waals surface area (Å²) in [6.07, 6.45) is 6.46. The van der Waals surface area contributed by atoms with Gasteiger partial charge >= 0.3 is 0 Å². The Morgan fingerprint density at radius 1 is 1.21 bits per heavy atom. The summed E-state index contributed by atoms with van der Waals surface area (Å²) >= 11 is 0. The maximum atomic E-state index is 5.00. The average Bonchev–Trinajstić information content (AvgIpc) is 2.35. The van der Waals surface area contributed by atoms with Gasteiger partial charge in [0.05, 0.1) is 13.2 Å². The van der Waals surface area contributed by atoms with Crippen molar-refractivity contribution in [2.24, 2.45) is 4.99 Å². The fourth-order valence-electron chi connectivity index (χ4n) is 1.75. The van der Waals surface area contributed by atoms with Crippen molar-refractivity contribution in [3.63, 3.8) is 0 Å². The van der Waals surface area contributed by atoms with Gasteiger partial charge in [-0.15, -0.1) is 24.0 Å². The van der Waals surface area contributed by atoms with Gasteiger partial charge in [0.1, 0.15) is 0 Å². The number of hydrogen-bond donors (Lipinski definition) is 2. The quantitative estimate of drug-likeness (QED) is 0.263. The molecule has 0 saturated carbocycles. The van der Waals surface area contributed by atoms with Crippen LogP contribution in [0.4, 0.5) is 0 Å². The summed E-state index contributed by atoms with van der Waals surface area (Å²) < 4.78 is 5.00. The van der Waals surface area contributed by atoms with Crippen molar-refractivity contribution < 1.29 is 4.74 Å². The van der Waals surface area contributed by atoms with Crippen molar-refractivity contribution in [3.05, 3.63) is 0 Å². The largest absolute Gasteiger partial charge is 0.383 e. The van der Waals surface area contributed by atoms with Crippen LogP contribution in [0.3, 0.4) is 0 Å². The Kier molecular flexibility index (Phi) is 17.9. The molecule has 116 valence electrons. The lowest BCUT2D eigenvalue weighted by Crippen LogP contribution is -2.42. The first kappa shape index (κ1) is 21.3. The second kappa shape index (κ2) is 16.0. The Labute approximate surface area is 136 Å². The smallest absolute Gasteiger partial charge is 0.191 e. The monoisotopic (exact) mass is 385 g/mol. The second-order valence-electron chi connectivity index (χ2n) is 4.65. The predicted molar refractivity (Wildman–Crippen MR) is 94.6 cm³/mol. The molecule has 0 fully saturated rings. The summed E-state index contributed by atoms with van der Waals surface area (Å²) in [7, 11) is 1.70. The molecule has 4 nitrogen and oxygen atoms in total. The van der Waals surface area contributed by atoms with E-state index in [4.69, 9.17) is 4.74 Å². The molecule has 1 atom stereocenters. The lowest BCUT2D eigenvalue weighted by Gasteiger charge is -2.17. The minimum atomic E-state index is 0. The highest BCUT2D eigenvalue weighted by Crippen LogP contribution is 2.05. The maximum Gasteiger partial charge on any atom is 0.191 e. The summed E-state index contributed by atoms with van der Waals surface area (Å²) in [5.74, 6) is 0.901. The first-order valence-corrected chi connectivity index (χ1v) is 7.28. The number of unbranched alkanes of at least 4 members (excludes halogenated alkanes) is 3. The van der Waals surface area contributed by atoms with Gasteiger partial charge in [-0.3, -0.25) is 4.99 Å². The van der Waals surface area contributed by atoms with Crippen LogP contribution < -0.4 is 10.6 Å². The van der Waals surface area contributed by atoms with Crippen molar-refractivity contribution in [3.8, 4) is 0 Å². The van der Waals surface area contributed by atoms with Crippen molar-refractivity contribution in [1.82, 2.24) is 10.6 Å². The summed E-state index contributed by atoms with van der Waals surface area (Å²) in [4.78, 5) is 4.46. The molecule has 0 aromatic rings. The fraction of sp³-hybridized carbons (Fsp3) is 0.929. The molecule has 0 heterocycles. The summed E-state index contributed by atoms with van der Waals surface area (Å²) in [6, 6.07) is 0.474. The number of rotatable bonds is 10. The van der Waals surface area contributed by atoms with Crippen LogP contribution in [-0.2, 0) is 4.74 Å². The van der Waals surface area contributed by atoms with Crippen LogP contribution in [0.25, 0.3) is 0 Å². The zero-order chi connectivity index (χ0) is 13.6. The van der Waals surface area contributed by atoms with Gasteiger partial charge in [-0.1, -0.05) is 32.6 Å². The molecule has 0 rings (SSSR count). The normalized spacial score (nSPS) is 12.7. The lowest BCUT2D eigenvalue weighted by atomic mass is 10.1. The molecule has 0 aromatic carbocycles. The van der Waals surface area contributed by atoms with Crippen LogP contribution in [0.2, 0.25) is 0 Å². The van der Waals surface area contributed by atoms with Crippen LogP contribution in [-0.4, -0.2) is 38.8 Å². The van der Waals surface area contributed by atoms with Crippen molar-refractivity contribution in [2.45, 2.75) is 58.9 Å². The van der Waals surface area contributed by atoms with Gasteiger partial charge in [-0.2, -0.15) is 0 Å². The number of ether oxygens (including phenoxy) is 1. The zero-order valence-electron chi connectivity index (χ0n) is 13.0. The number of guanidine groups is 1. The molecule has 19 heavy (non-hydrogen) atoms. The Hall–Kier alpha value is -0.0400. The highest BCUT2D eigenvalue weighted by Gasteiger charge is 2.04. The zero-order valence-corrected chi connectivity index (χ0v) is 15.3. The predicted octanol–water partition coefficient (Wildman–Crippen LogP) is 3.16. The Morgan fingerprint density at radius 3 is 2.53 bits per heavy atom. The van der Waals surface area contributed by atoms with Gasteiger partial charge in [0.15, 0.2) is 5.96 Å². The number of aliphatic imine (C=N–C) groups is 1. The summed E-state index contributed by atoms with van der Waals surface area (Å²) in [6.45, 7) is 8.80. The number of halogens is 1. The molecule has 0 aliphatic carbocycles. The molecule has 0 radical (unpaired) electrons. The molecule has 0 aliphatic heterocycles. The van der Waals surface area contributed by atoms with Gasteiger partial charge in [0.2, 0.25) is 0 Å². The van der Waals surface area contributed by atoms with Gasteiger partial charge in [-0.05, 0) is 20.3 Å². The van der Waals surface area contributed by atoms with E-state index >= 15 is 0 Å². The third kappa shape index (κ3) is 14.2. The molecule has 2 N–H and O–H groups in total. The van der Waals surface area contributed by atoms with Gasteiger partial charge in [-0.25, -0.2) is 0 Å². The minimum Gasteiger partial charge on any atom is -0.383 e. The topological polar surface area (TPSA) is 45.7 Å². The molecule has 5 heteroatoms. The highest BCUT2D eigenvalue weighted by molar-refractivity contribution is 14.0. The number of methoxy groups -OCH3 is 1. The number of nitrogens with zero attached hydrogens (tertiary/aromatic N) is 1. The van der Waals surface area contributed by atoms with E-state index in [1.807, 2.05) is 0 Å². The van der Waals surface area contributed by atoms with Gasteiger partial charge < -0.3 is 15.4 Å². The second-order valence-corrected chi connectivity index (χ2v) is 4.65. The van der Waals surface area contributed by atoms with E-state index in [0.717, 1.165) is 12.5 Å². The van der Waals surface area contributed by atoms with E-state index in [0.29, 0.717) is 19.2 Å². The highest BCUT2D eigenvalue weighted by atomic mass is 127. The molecule has 0 spiro atoms. The Bertz CT molecular complexity index is 213. The van der Waals surface area contributed by atoms with E-state index < -0.39 is 0 Å². The third-order valence-electron chi connectivity index (χ3n) is 2.78. The maximum absolute atomic E-state index is 5.00. The average molecular weight is 385 g/mol. The Balaban J connectivity index is 0. The Morgan fingerprint density at radius 2 is 1.95 bits per heavy atom. The SMILES string of the molecule is CCCCCCC(C)NC(=NCCOC)NCC.I. The molecule has 0 amide bonds. The minimum absolute atomic E-state index is 0. The first-order valence-electron chi connectivity index (χ1n) is 7.28. The first-order chi connectivity index (χ1) is 8.74. The van der Waals surface area contributed by atoms with E-state index in [1.165, 1.54) is 32.1 Å². The molecule has 0 saturated heterocycles. The van der Waals surface area contributed by atoms with Gasteiger partial charge in [0, 0.05) is 19.7 Å². The molecule has 1 unspecified atom stereocenters. The molecule has 0 aliphatic rings. The summed E-state index contributed by atoms with van der Waals surface area (Å²) in [5, 5.41) is 6.69. The number of hydrogen-bond acceptors (Lipinski definition) is 2. The van der Waals surface area contributed by atoms with Crippen LogP contribution in [0, 0.1) is 0 Å². The van der Waals surface area contributed by atoms with Crippen LogP contribution in [0.5, 0.6) is 0 Å². The van der Waals surface area contributed by atoms with E-state index in [9.17, 15) is 0 Å². The molecular formula is C14H32IN3O. The number of nitrogens with one attached hydrogen (secondary N) is 2.